The second kappa shape index (κ2) is 6.98. The zero-order valence-electron chi connectivity index (χ0n) is 10.3. The van der Waals surface area contributed by atoms with Crippen molar-refractivity contribution in [3.05, 3.63) is 30.1 Å². The normalized spacial score (nSPS) is 12.2. The van der Waals surface area contributed by atoms with Gasteiger partial charge in [0.2, 0.25) is 5.91 Å². The van der Waals surface area contributed by atoms with Crippen LogP contribution in [0.25, 0.3) is 0 Å². The summed E-state index contributed by atoms with van der Waals surface area (Å²) in [6.07, 6.45) is 3.45. The average Bonchev–Trinajstić information content (AvgIpc) is 2.34. The van der Waals surface area contributed by atoms with Crippen molar-refractivity contribution in [3.63, 3.8) is 0 Å². The van der Waals surface area contributed by atoms with Crippen LogP contribution < -0.4 is 5.73 Å². The van der Waals surface area contributed by atoms with E-state index in [0.29, 0.717) is 19.7 Å². The second-order valence-electron chi connectivity index (χ2n) is 3.90. The summed E-state index contributed by atoms with van der Waals surface area (Å²) in [4.78, 5) is 17.6. The van der Waals surface area contributed by atoms with Gasteiger partial charge in [-0.05, 0) is 18.6 Å². The molecule has 0 aromatic carbocycles. The smallest absolute Gasteiger partial charge is 0.239 e. The molecule has 0 aliphatic rings. The summed E-state index contributed by atoms with van der Waals surface area (Å²) in [5.74, 6) is -0.0779. The lowest BCUT2D eigenvalue weighted by molar-refractivity contribution is -0.133. The Morgan fingerprint density at radius 2 is 2.41 bits per heavy atom. The molecule has 1 rings (SSSR count). The van der Waals surface area contributed by atoms with Crippen molar-refractivity contribution in [3.8, 4) is 0 Å². The number of methoxy groups -OCH3 is 1. The number of carbonyl (C=O) groups excluding carboxylic acids is 1. The zero-order valence-corrected chi connectivity index (χ0v) is 10.3. The molecule has 1 aromatic rings. The highest BCUT2D eigenvalue weighted by Crippen LogP contribution is 2.04. The Balaban J connectivity index is 2.66. The molecule has 0 fully saturated rings. The summed E-state index contributed by atoms with van der Waals surface area (Å²) in [5.41, 5.74) is 6.60. The summed E-state index contributed by atoms with van der Waals surface area (Å²) in [6, 6.07) is 3.28. The Morgan fingerprint density at radius 1 is 1.65 bits per heavy atom. The minimum absolute atomic E-state index is 0.0779. The fraction of sp³-hybridized carbons (Fsp3) is 0.500. The van der Waals surface area contributed by atoms with Crippen molar-refractivity contribution in [2.24, 2.45) is 5.73 Å². The van der Waals surface area contributed by atoms with Crippen LogP contribution in [0, 0.1) is 0 Å². The molecule has 0 saturated carbocycles. The molecule has 5 nitrogen and oxygen atoms in total. The van der Waals surface area contributed by atoms with Gasteiger partial charge in [-0.2, -0.15) is 0 Å². The molecule has 5 heteroatoms. The minimum Gasteiger partial charge on any atom is -0.383 e. The number of nitrogens with zero attached hydrogens (tertiary/aromatic N) is 2. The van der Waals surface area contributed by atoms with Crippen molar-refractivity contribution in [1.82, 2.24) is 9.88 Å². The highest BCUT2D eigenvalue weighted by Gasteiger charge is 2.17. The maximum absolute atomic E-state index is 11.9. The molecule has 1 atom stereocenters. The van der Waals surface area contributed by atoms with E-state index in [1.54, 1.807) is 31.3 Å². The first-order valence-electron chi connectivity index (χ1n) is 5.57. The highest BCUT2D eigenvalue weighted by molar-refractivity contribution is 5.81. The molecule has 1 amide bonds. The molecule has 17 heavy (non-hydrogen) atoms. The minimum atomic E-state index is -0.497. The largest absolute Gasteiger partial charge is 0.383 e. The first-order chi connectivity index (χ1) is 8.15. The molecule has 2 N–H and O–H groups in total. The van der Waals surface area contributed by atoms with E-state index in [0.717, 1.165) is 5.56 Å². The molecule has 0 bridgehead atoms. The van der Waals surface area contributed by atoms with Crippen LogP contribution in [0.15, 0.2) is 24.5 Å². The second-order valence-corrected chi connectivity index (χ2v) is 3.90. The van der Waals surface area contributed by atoms with Gasteiger partial charge in [-0.1, -0.05) is 6.07 Å². The number of rotatable bonds is 6. The molecule has 1 heterocycles. The Labute approximate surface area is 102 Å². The number of amides is 1. The fourth-order valence-electron chi connectivity index (χ4n) is 1.47. The van der Waals surface area contributed by atoms with Gasteiger partial charge in [0.15, 0.2) is 0 Å². The van der Waals surface area contributed by atoms with E-state index < -0.39 is 6.04 Å². The number of pyridine rings is 1. The molecule has 0 spiro atoms. The van der Waals surface area contributed by atoms with Gasteiger partial charge >= 0.3 is 0 Å². The molecular formula is C12H19N3O2. The van der Waals surface area contributed by atoms with Gasteiger partial charge in [-0.3, -0.25) is 9.78 Å². The summed E-state index contributed by atoms with van der Waals surface area (Å²) in [5, 5.41) is 0. The lowest BCUT2D eigenvalue weighted by atomic mass is 10.2. The van der Waals surface area contributed by atoms with Crippen LogP contribution in [0.1, 0.15) is 12.5 Å². The lowest BCUT2D eigenvalue weighted by Crippen LogP contribution is -2.43. The van der Waals surface area contributed by atoms with E-state index in [1.807, 2.05) is 12.1 Å². The van der Waals surface area contributed by atoms with E-state index in [1.165, 1.54) is 0 Å². The Morgan fingerprint density at radius 3 is 2.94 bits per heavy atom. The van der Waals surface area contributed by atoms with Crippen LogP contribution >= 0.6 is 0 Å². The standard InChI is InChI=1S/C12H19N3O2/c1-10(13)12(16)15(6-7-17-2)9-11-4-3-5-14-8-11/h3-5,8,10H,6-7,9,13H2,1-2H3. The van der Waals surface area contributed by atoms with E-state index in [-0.39, 0.29) is 5.91 Å². The van der Waals surface area contributed by atoms with Gasteiger partial charge in [0.25, 0.3) is 0 Å². The van der Waals surface area contributed by atoms with E-state index >= 15 is 0 Å². The third-order valence-corrected chi connectivity index (χ3v) is 2.36. The number of carbonyl (C=O) groups is 1. The maximum atomic E-state index is 11.9. The number of ether oxygens (including phenoxy) is 1. The first kappa shape index (κ1) is 13.6. The predicted octanol–water partition coefficient (Wildman–Crippen LogP) is 0.404. The summed E-state index contributed by atoms with van der Waals surface area (Å²) >= 11 is 0. The average molecular weight is 237 g/mol. The van der Waals surface area contributed by atoms with Crippen molar-refractivity contribution in [2.75, 3.05) is 20.3 Å². The third-order valence-electron chi connectivity index (χ3n) is 2.36. The summed E-state index contributed by atoms with van der Waals surface area (Å²) < 4.78 is 4.99. The van der Waals surface area contributed by atoms with E-state index in [2.05, 4.69) is 4.98 Å². The quantitative estimate of drug-likeness (QED) is 0.777. The lowest BCUT2D eigenvalue weighted by Gasteiger charge is -2.24. The van der Waals surface area contributed by atoms with Crippen LogP contribution in [-0.2, 0) is 16.1 Å². The third kappa shape index (κ3) is 4.50. The van der Waals surface area contributed by atoms with Gasteiger partial charge in [0.05, 0.1) is 12.6 Å². The first-order valence-corrected chi connectivity index (χ1v) is 5.57. The van der Waals surface area contributed by atoms with Crippen molar-refractivity contribution < 1.29 is 9.53 Å². The predicted molar refractivity (Wildman–Crippen MR) is 65.2 cm³/mol. The SMILES string of the molecule is COCCN(Cc1cccnc1)C(=O)C(C)N. The van der Waals surface area contributed by atoms with Gasteiger partial charge in [-0.25, -0.2) is 0 Å². The van der Waals surface area contributed by atoms with Gasteiger partial charge in [-0.15, -0.1) is 0 Å². The molecule has 1 aromatic heterocycles. The molecule has 0 aliphatic heterocycles. The topological polar surface area (TPSA) is 68.5 Å². The van der Waals surface area contributed by atoms with Gasteiger partial charge in [0, 0.05) is 32.6 Å². The fourth-order valence-corrected chi connectivity index (χ4v) is 1.47. The van der Waals surface area contributed by atoms with Crippen LogP contribution in [-0.4, -0.2) is 42.1 Å². The molecule has 0 aliphatic carbocycles. The Kier molecular flexibility index (Phi) is 5.59. The van der Waals surface area contributed by atoms with Crippen LogP contribution in [0.5, 0.6) is 0 Å². The van der Waals surface area contributed by atoms with Crippen molar-refractivity contribution in [1.29, 1.82) is 0 Å². The summed E-state index contributed by atoms with van der Waals surface area (Å²) in [7, 11) is 1.61. The van der Waals surface area contributed by atoms with Crippen LogP contribution in [0.2, 0.25) is 0 Å². The Bertz CT molecular complexity index is 341. The Hall–Kier alpha value is -1.46. The molecule has 0 radical (unpaired) electrons. The summed E-state index contributed by atoms with van der Waals surface area (Å²) in [6.45, 7) is 3.23. The van der Waals surface area contributed by atoms with Crippen molar-refractivity contribution >= 4 is 5.91 Å². The van der Waals surface area contributed by atoms with E-state index in [9.17, 15) is 4.79 Å². The van der Waals surface area contributed by atoms with E-state index in [4.69, 9.17) is 10.5 Å². The molecular weight excluding hydrogens is 218 g/mol. The van der Waals surface area contributed by atoms with Crippen LogP contribution in [0.3, 0.4) is 0 Å². The van der Waals surface area contributed by atoms with Gasteiger partial charge in [0.1, 0.15) is 0 Å². The molecule has 0 saturated heterocycles. The zero-order chi connectivity index (χ0) is 12.7. The van der Waals surface area contributed by atoms with Gasteiger partial charge < -0.3 is 15.4 Å². The monoisotopic (exact) mass is 237 g/mol. The molecule has 1 unspecified atom stereocenters. The number of nitrogens with two attached hydrogens (primary N) is 1. The van der Waals surface area contributed by atoms with Crippen LogP contribution in [0.4, 0.5) is 0 Å². The molecule has 94 valence electrons. The van der Waals surface area contributed by atoms with Crippen molar-refractivity contribution in [2.45, 2.75) is 19.5 Å². The number of hydrogen-bond acceptors (Lipinski definition) is 4. The highest BCUT2D eigenvalue weighted by atomic mass is 16.5. The number of hydrogen-bond donors (Lipinski definition) is 1. The maximum Gasteiger partial charge on any atom is 0.239 e. The number of aromatic nitrogens is 1.